The molecule has 9 nitrogen and oxygen atoms in total. The SMILES string of the molecule is CC(C)N1C(=O)NC(=O)C2(Cc3cc([N+](=O)[O-])ccc3N3CCCCCC32)C1=O. The van der Waals surface area contributed by atoms with Gasteiger partial charge in [0.15, 0.2) is 5.41 Å². The van der Waals surface area contributed by atoms with Gasteiger partial charge in [0.05, 0.1) is 11.0 Å². The first-order valence-electron chi connectivity index (χ1n) is 10.0. The number of nitro benzene ring substituents is 1. The van der Waals surface area contributed by atoms with Crippen LogP contribution in [-0.2, 0) is 16.0 Å². The van der Waals surface area contributed by atoms with Crippen LogP contribution in [0, 0.1) is 15.5 Å². The second-order valence-electron chi connectivity index (χ2n) is 8.30. The van der Waals surface area contributed by atoms with Gasteiger partial charge in [-0.3, -0.25) is 29.9 Å². The molecule has 0 aromatic heterocycles. The van der Waals surface area contributed by atoms with E-state index in [0.29, 0.717) is 18.5 Å². The summed E-state index contributed by atoms with van der Waals surface area (Å²) in [7, 11) is 0. The molecule has 0 bridgehead atoms. The molecule has 0 aliphatic carbocycles. The minimum Gasteiger partial charge on any atom is -0.367 e. The van der Waals surface area contributed by atoms with E-state index in [2.05, 4.69) is 10.2 Å². The number of nitro groups is 1. The van der Waals surface area contributed by atoms with Crippen LogP contribution >= 0.6 is 0 Å². The van der Waals surface area contributed by atoms with Crippen LogP contribution in [0.15, 0.2) is 18.2 Å². The average Bonchev–Trinajstić information content (AvgIpc) is 2.91. The number of carbonyl (C=O) groups is 3. The highest BCUT2D eigenvalue weighted by atomic mass is 16.6. The Kier molecular flexibility index (Phi) is 4.55. The van der Waals surface area contributed by atoms with Crippen molar-refractivity contribution in [1.82, 2.24) is 10.2 Å². The van der Waals surface area contributed by atoms with Crippen molar-refractivity contribution >= 4 is 29.2 Å². The lowest BCUT2D eigenvalue weighted by Crippen LogP contribution is -2.72. The first kappa shape index (κ1) is 19.4. The number of non-ortho nitro benzene ring substituents is 1. The predicted octanol–water partition coefficient (Wildman–Crippen LogP) is 2.37. The van der Waals surface area contributed by atoms with Crippen molar-refractivity contribution in [2.24, 2.45) is 5.41 Å². The van der Waals surface area contributed by atoms with Crippen LogP contribution in [0.2, 0.25) is 0 Å². The summed E-state index contributed by atoms with van der Waals surface area (Å²) in [5, 5.41) is 13.7. The lowest BCUT2D eigenvalue weighted by atomic mass is 9.67. The van der Waals surface area contributed by atoms with E-state index in [-0.39, 0.29) is 18.2 Å². The number of benzene rings is 1. The summed E-state index contributed by atoms with van der Waals surface area (Å²) in [6.45, 7) is 4.12. The molecule has 1 N–H and O–H groups in total. The average molecular weight is 400 g/mol. The van der Waals surface area contributed by atoms with E-state index < -0.39 is 34.2 Å². The normalized spacial score (nSPS) is 26.9. The molecule has 3 heterocycles. The number of urea groups is 1. The Morgan fingerprint density at radius 1 is 1.21 bits per heavy atom. The van der Waals surface area contributed by atoms with Gasteiger partial charge in [-0.25, -0.2) is 4.79 Å². The fraction of sp³-hybridized carbons (Fsp3) is 0.550. The molecule has 2 atom stereocenters. The standard InChI is InChI=1S/C20H24N4O5/c1-12(2)23-18(26)20(17(25)21-19(23)27)11-13-10-14(24(28)29)7-8-15(13)22-9-5-3-4-6-16(20)22/h7-8,10,12,16H,3-6,9,11H2,1-2H3,(H,21,25,27). The van der Waals surface area contributed by atoms with Gasteiger partial charge in [0.25, 0.3) is 5.69 Å². The lowest BCUT2D eigenvalue weighted by molar-refractivity contribution is -0.384. The molecule has 9 heteroatoms. The molecule has 29 heavy (non-hydrogen) atoms. The first-order chi connectivity index (χ1) is 13.8. The van der Waals surface area contributed by atoms with E-state index >= 15 is 0 Å². The molecule has 4 amide bonds. The largest absolute Gasteiger partial charge is 0.367 e. The summed E-state index contributed by atoms with van der Waals surface area (Å²) in [4.78, 5) is 53.2. The maximum absolute atomic E-state index is 13.6. The number of fused-ring (bicyclic) bond motifs is 4. The highest BCUT2D eigenvalue weighted by molar-refractivity contribution is 6.20. The van der Waals surface area contributed by atoms with Crippen LogP contribution in [0.25, 0.3) is 0 Å². The zero-order chi connectivity index (χ0) is 20.9. The van der Waals surface area contributed by atoms with Crippen LogP contribution in [0.3, 0.4) is 0 Å². The van der Waals surface area contributed by atoms with Crippen LogP contribution < -0.4 is 10.2 Å². The van der Waals surface area contributed by atoms with Gasteiger partial charge in [-0.2, -0.15) is 0 Å². The summed E-state index contributed by atoms with van der Waals surface area (Å²) in [5.41, 5.74) is -0.113. The van der Waals surface area contributed by atoms with Gasteiger partial charge in [0, 0.05) is 36.8 Å². The number of barbiturate groups is 1. The molecular weight excluding hydrogens is 376 g/mol. The first-order valence-corrected chi connectivity index (χ1v) is 10.0. The Morgan fingerprint density at radius 3 is 2.66 bits per heavy atom. The van der Waals surface area contributed by atoms with E-state index in [1.807, 2.05) is 0 Å². The summed E-state index contributed by atoms with van der Waals surface area (Å²) >= 11 is 0. The van der Waals surface area contributed by atoms with E-state index in [1.165, 1.54) is 12.1 Å². The molecule has 2 saturated heterocycles. The maximum Gasteiger partial charge on any atom is 0.331 e. The molecule has 1 spiro atoms. The summed E-state index contributed by atoms with van der Waals surface area (Å²) in [6.07, 6.45) is 3.46. The van der Waals surface area contributed by atoms with Crippen LogP contribution in [0.1, 0.15) is 45.1 Å². The molecule has 2 fully saturated rings. The van der Waals surface area contributed by atoms with Crippen LogP contribution in [0.4, 0.5) is 16.2 Å². The van der Waals surface area contributed by atoms with Gasteiger partial charge in [0.2, 0.25) is 11.8 Å². The monoisotopic (exact) mass is 400 g/mol. The Bertz CT molecular complexity index is 914. The topological polar surface area (TPSA) is 113 Å². The van der Waals surface area contributed by atoms with Crippen molar-refractivity contribution in [3.8, 4) is 0 Å². The number of amides is 4. The third-order valence-electron chi connectivity index (χ3n) is 6.34. The van der Waals surface area contributed by atoms with E-state index in [4.69, 9.17) is 0 Å². The third kappa shape index (κ3) is 2.79. The Morgan fingerprint density at radius 2 is 1.97 bits per heavy atom. The smallest absolute Gasteiger partial charge is 0.331 e. The number of imide groups is 2. The maximum atomic E-state index is 13.6. The molecule has 0 radical (unpaired) electrons. The van der Waals surface area contributed by atoms with Crippen molar-refractivity contribution in [2.45, 2.75) is 58.0 Å². The quantitative estimate of drug-likeness (QED) is 0.463. The van der Waals surface area contributed by atoms with Crippen LogP contribution in [0.5, 0.6) is 0 Å². The minimum absolute atomic E-state index is 0.0480. The molecule has 3 aliphatic heterocycles. The second-order valence-corrected chi connectivity index (χ2v) is 8.30. The van der Waals surface area contributed by atoms with Gasteiger partial charge in [-0.05, 0) is 38.3 Å². The Labute approximate surface area is 168 Å². The number of hydrogen-bond donors (Lipinski definition) is 1. The molecule has 4 rings (SSSR count). The van der Waals surface area contributed by atoms with E-state index in [9.17, 15) is 24.5 Å². The van der Waals surface area contributed by atoms with Crippen molar-refractivity contribution in [3.63, 3.8) is 0 Å². The van der Waals surface area contributed by atoms with Gasteiger partial charge < -0.3 is 4.90 Å². The molecule has 0 saturated carbocycles. The number of nitrogens with zero attached hydrogens (tertiary/aromatic N) is 3. The van der Waals surface area contributed by atoms with E-state index in [1.54, 1.807) is 19.9 Å². The zero-order valence-electron chi connectivity index (χ0n) is 16.5. The third-order valence-corrected chi connectivity index (χ3v) is 6.34. The predicted molar refractivity (Wildman–Crippen MR) is 104 cm³/mol. The van der Waals surface area contributed by atoms with Crippen molar-refractivity contribution in [3.05, 3.63) is 33.9 Å². The fourth-order valence-electron chi connectivity index (χ4n) is 5.03. The highest BCUT2D eigenvalue weighted by Crippen LogP contribution is 2.48. The van der Waals surface area contributed by atoms with Crippen molar-refractivity contribution in [1.29, 1.82) is 0 Å². The summed E-state index contributed by atoms with van der Waals surface area (Å²) in [6, 6.07) is 3.14. The van der Waals surface area contributed by atoms with Gasteiger partial charge in [0.1, 0.15) is 0 Å². The van der Waals surface area contributed by atoms with Gasteiger partial charge >= 0.3 is 6.03 Å². The number of rotatable bonds is 2. The number of nitrogens with one attached hydrogen (secondary N) is 1. The molecule has 1 aromatic carbocycles. The van der Waals surface area contributed by atoms with Crippen molar-refractivity contribution < 1.29 is 19.3 Å². The Hall–Kier alpha value is -2.97. The van der Waals surface area contributed by atoms with Gasteiger partial charge in [-0.1, -0.05) is 12.8 Å². The molecule has 154 valence electrons. The highest BCUT2D eigenvalue weighted by Gasteiger charge is 2.62. The minimum atomic E-state index is -1.47. The molecule has 3 aliphatic rings. The lowest BCUT2D eigenvalue weighted by Gasteiger charge is -2.52. The Balaban J connectivity index is 1.91. The number of hydrogen-bond acceptors (Lipinski definition) is 6. The zero-order valence-corrected chi connectivity index (χ0v) is 16.5. The molecule has 2 unspecified atom stereocenters. The second kappa shape index (κ2) is 6.82. The fourth-order valence-corrected chi connectivity index (χ4v) is 5.03. The molecule has 1 aromatic rings. The van der Waals surface area contributed by atoms with E-state index in [0.717, 1.165) is 29.8 Å². The van der Waals surface area contributed by atoms with Gasteiger partial charge in [-0.15, -0.1) is 0 Å². The van der Waals surface area contributed by atoms with Crippen LogP contribution in [-0.4, -0.2) is 46.3 Å². The number of anilines is 1. The van der Waals surface area contributed by atoms with Crippen molar-refractivity contribution in [2.75, 3.05) is 11.4 Å². The summed E-state index contributed by atoms with van der Waals surface area (Å²) < 4.78 is 0. The number of carbonyl (C=O) groups excluding carboxylic acids is 3. The molecular formula is C20H24N4O5. The summed E-state index contributed by atoms with van der Waals surface area (Å²) in [5.74, 6) is -1.10.